The van der Waals surface area contributed by atoms with Crippen LogP contribution in [0.15, 0.2) is 0 Å². The van der Waals surface area contributed by atoms with E-state index in [1.54, 1.807) is 13.8 Å². The second kappa shape index (κ2) is 15.6. The molecule has 0 aromatic rings. The molecule has 0 saturated carbocycles. The van der Waals surface area contributed by atoms with Crippen molar-refractivity contribution in [2.24, 2.45) is 11.7 Å². The van der Waals surface area contributed by atoms with Crippen molar-refractivity contribution in [2.45, 2.75) is 102 Å². The minimum atomic E-state index is -5.07. The number of hydrogen-bond donors (Lipinski definition) is 7. The van der Waals surface area contributed by atoms with Crippen molar-refractivity contribution in [2.75, 3.05) is 26.2 Å². The molecule has 3 aliphatic heterocycles. The minimum Gasteiger partial charge on any atom is -0.480 e. The fourth-order valence-corrected chi connectivity index (χ4v) is 6.39. The lowest BCUT2D eigenvalue weighted by molar-refractivity contribution is -0.151. The van der Waals surface area contributed by atoms with Gasteiger partial charge in [0.15, 0.2) is 0 Å². The van der Waals surface area contributed by atoms with Gasteiger partial charge in [-0.3, -0.25) is 28.5 Å². The zero-order valence-corrected chi connectivity index (χ0v) is 27.0. The first-order valence-corrected chi connectivity index (χ1v) is 16.9. The molecule has 46 heavy (non-hydrogen) atoms. The Balaban J connectivity index is 1.76. The van der Waals surface area contributed by atoms with Gasteiger partial charge in [0, 0.05) is 19.6 Å². The zero-order chi connectivity index (χ0) is 34.5. The first kappa shape index (κ1) is 37.3. The Morgan fingerprint density at radius 1 is 0.848 bits per heavy atom. The third kappa shape index (κ3) is 9.01. The summed E-state index contributed by atoms with van der Waals surface area (Å²) < 4.78 is 15.9. The molecule has 260 valence electrons. The topological polar surface area (TPSA) is 269 Å². The van der Waals surface area contributed by atoms with Crippen LogP contribution in [-0.2, 0) is 37.9 Å². The normalized spacial score (nSPS) is 24.4. The fraction of sp³-hybridized carbons (Fsp3) is 0.778. The Labute approximate surface area is 266 Å². The number of aliphatic hydroxyl groups excluding tert-OH is 1. The second-order valence-electron chi connectivity index (χ2n) is 12.3. The van der Waals surface area contributed by atoms with Crippen LogP contribution in [0.1, 0.15) is 59.3 Å². The predicted molar refractivity (Wildman–Crippen MR) is 158 cm³/mol. The molecule has 19 heteroatoms. The van der Waals surface area contributed by atoms with Crippen molar-refractivity contribution in [3.8, 4) is 0 Å². The van der Waals surface area contributed by atoms with Gasteiger partial charge in [-0.2, -0.15) is 0 Å². The summed E-state index contributed by atoms with van der Waals surface area (Å²) in [6.45, 7) is 4.26. The molecule has 18 nitrogen and oxygen atoms in total. The largest absolute Gasteiger partial charge is 0.480 e. The van der Waals surface area contributed by atoms with Crippen LogP contribution in [0.4, 0.5) is 0 Å². The maximum Gasteiger partial charge on any atom is 0.469 e. The number of hydrogen-bond acceptors (Lipinski definition) is 10. The number of nitrogens with two attached hydrogens (primary N) is 1. The van der Waals surface area contributed by atoms with Crippen LogP contribution in [0.2, 0.25) is 0 Å². The Bertz CT molecular complexity index is 1230. The lowest BCUT2D eigenvalue weighted by Crippen LogP contribution is -2.60. The minimum absolute atomic E-state index is 0.0560. The van der Waals surface area contributed by atoms with E-state index >= 15 is 0 Å². The van der Waals surface area contributed by atoms with Gasteiger partial charge in [-0.05, 0) is 51.4 Å². The summed E-state index contributed by atoms with van der Waals surface area (Å²) in [5, 5.41) is 24.2. The summed E-state index contributed by atoms with van der Waals surface area (Å²) in [7, 11) is -5.07. The van der Waals surface area contributed by atoms with Crippen molar-refractivity contribution >= 4 is 43.3 Å². The molecule has 0 aliphatic carbocycles. The third-order valence-corrected chi connectivity index (χ3v) is 9.04. The van der Waals surface area contributed by atoms with E-state index in [2.05, 4.69) is 15.2 Å². The monoisotopic (exact) mass is 676 g/mol. The number of phosphoric acid groups is 1. The van der Waals surface area contributed by atoms with E-state index in [4.69, 9.17) is 5.73 Å². The molecule has 0 aromatic carbocycles. The summed E-state index contributed by atoms with van der Waals surface area (Å²) in [6.07, 6.45) is 0.768. The van der Waals surface area contributed by atoms with Crippen LogP contribution in [-0.4, -0.2) is 139 Å². The zero-order valence-electron chi connectivity index (χ0n) is 26.1. The summed E-state index contributed by atoms with van der Waals surface area (Å²) >= 11 is 0. The van der Waals surface area contributed by atoms with Crippen molar-refractivity contribution < 1.29 is 57.9 Å². The van der Waals surface area contributed by atoms with Crippen LogP contribution < -0.4 is 16.4 Å². The summed E-state index contributed by atoms with van der Waals surface area (Å²) in [5.41, 5.74) is 5.73. The number of aliphatic carboxylic acids is 1. The first-order chi connectivity index (χ1) is 21.4. The number of likely N-dealkylation sites (tertiary alicyclic amines) is 3. The second-order valence-corrected chi connectivity index (χ2v) is 13.5. The van der Waals surface area contributed by atoms with Crippen molar-refractivity contribution in [3.63, 3.8) is 0 Å². The Morgan fingerprint density at radius 3 is 1.89 bits per heavy atom. The molecule has 3 fully saturated rings. The van der Waals surface area contributed by atoms with Crippen LogP contribution in [0.5, 0.6) is 0 Å². The van der Waals surface area contributed by atoms with Gasteiger partial charge in [-0.25, -0.2) is 9.36 Å². The fourth-order valence-electron chi connectivity index (χ4n) is 6.04. The maximum atomic E-state index is 13.8. The van der Waals surface area contributed by atoms with Gasteiger partial charge in [-0.1, -0.05) is 13.8 Å². The van der Waals surface area contributed by atoms with Gasteiger partial charge < -0.3 is 51.1 Å². The first-order valence-electron chi connectivity index (χ1n) is 15.3. The molecule has 5 amide bonds. The van der Waals surface area contributed by atoms with E-state index in [0.717, 1.165) is 4.90 Å². The average molecular weight is 677 g/mol. The molecule has 3 aliphatic rings. The highest BCUT2D eigenvalue weighted by molar-refractivity contribution is 7.46. The Kier molecular flexibility index (Phi) is 12.7. The van der Waals surface area contributed by atoms with Gasteiger partial charge in [0.2, 0.25) is 29.5 Å². The van der Waals surface area contributed by atoms with E-state index in [9.17, 15) is 53.3 Å². The van der Waals surface area contributed by atoms with Crippen molar-refractivity contribution in [1.29, 1.82) is 0 Å². The molecular formula is C27H45N6O12P. The molecule has 0 radical (unpaired) electrons. The lowest BCUT2D eigenvalue weighted by Gasteiger charge is -2.34. The number of phosphoric ester groups is 1. The highest BCUT2D eigenvalue weighted by Crippen LogP contribution is 2.36. The molecule has 0 unspecified atom stereocenters. The number of carboxylic acid groups (broad SMARTS) is 1. The maximum absolute atomic E-state index is 13.8. The lowest BCUT2D eigenvalue weighted by atomic mass is 10.0. The number of nitrogens with one attached hydrogen (secondary N) is 2. The molecule has 3 rings (SSSR count). The van der Waals surface area contributed by atoms with E-state index in [1.165, 1.54) is 16.7 Å². The van der Waals surface area contributed by atoms with E-state index in [1.807, 2.05) is 0 Å². The van der Waals surface area contributed by atoms with Crippen molar-refractivity contribution in [3.05, 3.63) is 0 Å². The molecular weight excluding hydrogens is 631 g/mol. The summed E-state index contributed by atoms with van der Waals surface area (Å²) in [4.78, 5) is 101. The number of carbonyl (C=O) groups is 6. The molecule has 0 aromatic heterocycles. The smallest absolute Gasteiger partial charge is 0.469 e. The number of carbonyl (C=O) groups excluding carboxylic acids is 5. The molecule has 3 heterocycles. The molecule has 3 saturated heterocycles. The number of rotatable bonds is 13. The number of carboxylic acids is 1. The standard InChI is InChI=1S/C27H45N6O12P/c1-14(2)21(30-23(36)20(28)15(3)34)26(39)32-11-5-8-18(32)25(38)31-10-4-7-17(31)22(35)29-16(13-45-46(42,43)44)24(37)33-12-6-9-19(33)27(40)41/h14-21,34H,4-13,28H2,1-3H3,(H,29,35)(H,30,36)(H,40,41)(H2,42,43,44)/t15-,16+,17+,18+,19+,20+,21+/m1/s1. The van der Waals surface area contributed by atoms with Gasteiger partial charge in [-0.15, -0.1) is 0 Å². The highest BCUT2D eigenvalue weighted by Gasteiger charge is 2.45. The van der Waals surface area contributed by atoms with Crippen LogP contribution in [0.25, 0.3) is 0 Å². The average Bonchev–Trinajstić information content (AvgIpc) is 3.76. The van der Waals surface area contributed by atoms with Gasteiger partial charge in [0.05, 0.1) is 12.7 Å². The Hall–Kier alpha value is -3.15. The van der Waals surface area contributed by atoms with E-state index in [-0.39, 0.29) is 38.4 Å². The molecule has 0 spiro atoms. The summed E-state index contributed by atoms with van der Waals surface area (Å²) in [6, 6.07) is -7.17. The Morgan fingerprint density at radius 2 is 1.37 bits per heavy atom. The van der Waals surface area contributed by atoms with Gasteiger partial charge in [0.25, 0.3) is 0 Å². The molecule has 8 N–H and O–H groups in total. The van der Waals surface area contributed by atoms with Gasteiger partial charge in [0.1, 0.15) is 36.3 Å². The highest BCUT2D eigenvalue weighted by atomic mass is 31.2. The SMILES string of the molecule is CC(C)[C@H](NC(=O)[C@@H](N)[C@@H](C)O)C(=O)N1CCC[C@H]1C(=O)N1CCC[C@H]1C(=O)N[C@@H](COP(=O)(O)O)C(=O)N1CCC[C@H]1C(=O)O. The quantitative estimate of drug-likeness (QED) is 0.0995. The number of aliphatic hydroxyl groups is 1. The van der Waals surface area contributed by atoms with Crippen molar-refractivity contribution in [1.82, 2.24) is 25.3 Å². The summed E-state index contributed by atoms with van der Waals surface area (Å²) in [5.74, 6) is -5.11. The van der Waals surface area contributed by atoms with Crippen LogP contribution in [0, 0.1) is 5.92 Å². The predicted octanol–water partition coefficient (Wildman–Crippen LogP) is -2.51. The number of amides is 5. The van der Waals surface area contributed by atoms with Gasteiger partial charge >= 0.3 is 13.8 Å². The molecule has 7 atom stereocenters. The van der Waals surface area contributed by atoms with Crippen LogP contribution in [0.3, 0.4) is 0 Å². The number of nitrogens with zero attached hydrogens (tertiary/aromatic N) is 3. The van der Waals surface area contributed by atoms with E-state index in [0.29, 0.717) is 25.7 Å². The van der Waals surface area contributed by atoms with E-state index < -0.39 is 92.3 Å². The third-order valence-electron chi connectivity index (χ3n) is 8.56. The van der Waals surface area contributed by atoms with Crippen LogP contribution >= 0.6 is 7.82 Å². The molecule has 0 bridgehead atoms.